The van der Waals surface area contributed by atoms with Crippen LogP contribution in [0.4, 0.5) is 0 Å². The van der Waals surface area contributed by atoms with Crippen LogP contribution in [0, 0.1) is 5.92 Å². The first-order valence-electron chi connectivity index (χ1n) is 5.10. The molecule has 13 heavy (non-hydrogen) atoms. The summed E-state index contributed by atoms with van der Waals surface area (Å²) >= 11 is 0. The Labute approximate surface area is 81.2 Å². The average molecular weight is 177 g/mol. The van der Waals surface area contributed by atoms with Crippen LogP contribution in [0.5, 0.6) is 0 Å². The number of hydrogen-bond acceptors (Lipinski definition) is 1. The second-order valence-corrected chi connectivity index (χ2v) is 3.93. The van der Waals surface area contributed by atoms with Crippen molar-refractivity contribution in [2.24, 2.45) is 5.92 Å². The summed E-state index contributed by atoms with van der Waals surface area (Å²) in [5, 5.41) is 0. The lowest BCUT2D eigenvalue weighted by atomic mass is 9.89. The van der Waals surface area contributed by atoms with Gasteiger partial charge in [-0.1, -0.05) is 33.8 Å². The molecule has 1 atom stereocenters. The van der Waals surface area contributed by atoms with Crippen LogP contribution in [0.15, 0.2) is 18.3 Å². The van der Waals surface area contributed by atoms with Gasteiger partial charge in [-0.05, 0) is 29.9 Å². The maximum absolute atomic E-state index is 4.40. The lowest BCUT2D eigenvalue weighted by Gasteiger charge is -2.18. The molecular weight excluding hydrogens is 158 g/mol. The zero-order valence-corrected chi connectivity index (χ0v) is 9.04. The molecule has 0 N–H and O–H groups in total. The molecule has 1 heteroatoms. The van der Waals surface area contributed by atoms with Crippen LogP contribution in [-0.4, -0.2) is 4.98 Å². The van der Waals surface area contributed by atoms with Crippen molar-refractivity contribution in [2.45, 2.75) is 40.0 Å². The van der Waals surface area contributed by atoms with E-state index in [2.05, 4.69) is 38.7 Å². The SMILES string of the molecule is CCc1ncccc1C(C)C(C)C. The minimum absolute atomic E-state index is 0.614. The molecule has 0 saturated carbocycles. The molecule has 0 radical (unpaired) electrons. The van der Waals surface area contributed by atoms with Gasteiger partial charge in [0.15, 0.2) is 0 Å². The Morgan fingerprint density at radius 2 is 2.00 bits per heavy atom. The van der Waals surface area contributed by atoms with Crippen molar-refractivity contribution in [2.75, 3.05) is 0 Å². The first-order valence-corrected chi connectivity index (χ1v) is 5.10. The third-order valence-corrected chi connectivity index (χ3v) is 2.75. The van der Waals surface area contributed by atoms with Crippen molar-refractivity contribution in [3.05, 3.63) is 29.6 Å². The summed E-state index contributed by atoms with van der Waals surface area (Å²) in [6.07, 6.45) is 2.92. The molecule has 72 valence electrons. The number of rotatable bonds is 3. The minimum Gasteiger partial charge on any atom is -0.261 e. The third-order valence-electron chi connectivity index (χ3n) is 2.75. The monoisotopic (exact) mass is 177 g/mol. The van der Waals surface area contributed by atoms with E-state index in [9.17, 15) is 0 Å². The molecular formula is C12H19N. The molecule has 1 unspecified atom stereocenters. The maximum Gasteiger partial charge on any atom is 0.0435 e. The van der Waals surface area contributed by atoms with Gasteiger partial charge in [0.2, 0.25) is 0 Å². The van der Waals surface area contributed by atoms with E-state index in [1.165, 1.54) is 11.3 Å². The summed E-state index contributed by atoms with van der Waals surface area (Å²) in [7, 11) is 0. The van der Waals surface area contributed by atoms with Crippen molar-refractivity contribution in [3.8, 4) is 0 Å². The molecule has 0 aromatic carbocycles. The normalized spacial score (nSPS) is 13.3. The number of aryl methyl sites for hydroxylation is 1. The van der Waals surface area contributed by atoms with Gasteiger partial charge < -0.3 is 0 Å². The van der Waals surface area contributed by atoms with Gasteiger partial charge in [-0.25, -0.2) is 0 Å². The Bertz CT molecular complexity index is 266. The van der Waals surface area contributed by atoms with E-state index in [0.717, 1.165) is 6.42 Å². The molecule has 1 heterocycles. The fourth-order valence-electron chi connectivity index (χ4n) is 1.52. The van der Waals surface area contributed by atoms with Gasteiger partial charge in [-0.2, -0.15) is 0 Å². The highest BCUT2D eigenvalue weighted by Crippen LogP contribution is 2.25. The smallest absolute Gasteiger partial charge is 0.0435 e. The number of hydrogen-bond donors (Lipinski definition) is 0. The molecule has 0 aliphatic carbocycles. The highest BCUT2D eigenvalue weighted by atomic mass is 14.7. The second kappa shape index (κ2) is 4.40. The predicted molar refractivity (Wildman–Crippen MR) is 56.9 cm³/mol. The van der Waals surface area contributed by atoms with Crippen molar-refractivity contribution < 1.29 is 0 Å². The van der Waals surface area contributed by atoms with Crippen LogP contribution in [0.2, 0.25) is 0 Å². The summed E-state index contributed by atoms with van der Waals surface area (Å²) in [5.41, 5.74) is 2.67. The highest BCUT2D eigenvalue weighted by Gasteiger charge is 2.13. The predicted octanol–water partition coefficient (Wildman–Crippen LogP) is 3.40. The average Bonchev–Trinajstić information content (AvgIpc) is 2.16. The van der Waals surface area contributed by atoms with Gasteiger partial charge in [0.25, 0.3) is 0 Å². The summed E-state index contributed by atoms with van der Waals surface area (Å²) in [4.78, 5) is 4.40. The van der Waals surface area contributed by atoms with Crippen LogP contribution in [-0.2, 0) is 6.42 Å². The minimum atomic E-state index is 0.614. The van der Waals surface area contributed by atoms with Crippen LogP contribution < -0.4 is 0 Å². The van der Waals surface area contributed by atoms with E-state index >= 15 is 0 Å². The van der Waals surface area contributed by atoms with Gasteiger partial charge >= 0.3 is 0 Å². The highest BCUT2D eigenvalue weighted by molar-refractivity contribution is 5.23. The molecule has 0 saturated heterocycles. The van der Waals surface area contributed by atoms with Crippen LogP contribution in [0.25, 0.3) is 0 Å². The lowest BCUT2D eigenvalue weighted by Crippen LogP contribution is -2.06. The largest absolute Gasteiger partial charge is 0.261 e. The molecule has 1 nitrogen and oxygen atoms in total. The molecule has 0 amide bonds. The van der Waals surface area contributed by atoms with E-state index in [1.54, 1.807) is 0 Å². The Morgan fingerprint density at radius 3 is 2.54 bits per heavy atom. The lowest BCUT2D eigenvalue weighted by molar-refractivity contribution is 0.529. The van der Waals surface area contributed by atoms with Crippen molar-refractivity contribution >= 4 is 0 Å². The van der Waals surface area contributed by atoms with Gasteiger partial charge in [0.05, 0.1) is 0 Å². The molecule has 1 rings (SSSR count). The van der Waals surface area contributed by atoms with Crippen LogP contribution in [0.3, 0.4) is 0 Å². The van der Waals surface area contributed by atoms with E-state index in [4.69, 9.17) is 0 Å². The Kier molecular flexibility index (Phi) is 3.47. The quantitative estimate of drug-likeness (QED) is 0.689. The standard InChI is InChI=1S/C12H19N/c1-5-12-11(7-6-8-13-12)10(4)9(2)3/h6-10H,5H2,1-4H3. The summed E-state index contributed by atoms with van der Waals surface area (Å²) in [6.45, 7) is 8.97. The van der Waals surface area contributed by atoms with Crippen molar-refractivity contribution in [1.82, 2.24) is 4.98 Å². The van der Waals surface area contributed by atoms with Crippen molar-refractivity contribution in [3.63, 3.8) is 0 Å². The summed E-state index contributed by atoms with van der Waals surface area (Å²) in [6, 6.07) is 4.24. The maximum atomic E-state index is 4.40. The first-order chi connectivity index (χ1) is 6.16. The molecule has 0 aliphatic rings. The number of nitrogens with zero attached hydrogens (tertiary/aromatic N) is 1. The second-order valence-electron chi connectivity index (χ2n) is 3.93. The molecule has 0 bridgehead atoms. The van der Waals surface area contributed by atoms with Gasteiger partial charge in [0, 0.05) is 11.9 Å². The molecule has 0 aliphatic heterocycles. The Balaban J connectivity index is 2.98. The van der Waals surface area contributed by atoms with Gasteiger partial charge in [0.1, 0.15) is 0 Å². The molecule has 1 aromatic rings. The Morgan fingerprint density at radius 1 is 1.31 bits per heavy atom. The van der Waals surface area contributed by atoms with Crippen LogP contribution in [0.1, 0.15) is 44.9 Å². The van der Waals surface area contributed by atoms with E-state index in [1.807, 2.05) is 12.3 Å². The first kappa shape index (κ1) is 10.2. The molecule has 0 spiro atoms. The zero-order valence-electron chi connectivity index (χ0n) is 9.04. The van der Waals surface area contributed by atoms with E-state index in [0.29, 0.717) is 11.8 Å². The fraction of sp³-hybridized carbons (Fsp3) is 0.583. The third kappa shape index (κ3) is 2.30. The number of pyridine rings is 1. The van der Waals surface area contributed by atoms with Gasteiger partial charge in [-0.3, -0.25) is 4.98 Å². The van der Waals surface area contributed by atoms with Crippen molar-refractivity contribution in [1.29, 1.82) is 0 Å². The summed E-state index contributed by atoms with van der Waals surface area (Å²) < 4.78 is 0. The summed E-state index contributed by atoms with van der Waals surface area (Å²) in [5.74, 6) is 1.30. The molecule has 1 aromatic heterocycles. The van der Waals surface area contributed by atoms with Gasteiger partial charge in [-0.15, -0.1) is 0 Å². The van der Waals surface area contributed by atoms with E-state index < -0.39 is 0 Å². The zero-order chi connectivity index (χ0) is 9.84. The topological polar surface area (TPSA) is 12.9 Å². The van der Waals surface area contributed by atoms with E-state index in [-0.39, 0.29) is 0 Å². The van der Waals surface area contributed by atoms with Crippen LogP contribution >= 0.6 is 0 Å². The molecule has 0 fully saturated rings. The Hall–Kier alpha value is -0.850. The number of aromatic nitrogens is 1. The fourth-order valence-corrected chi connectivity index (χ4v) is 1.52.